The minimum absolute atomic E-state index is 0.129. The Hall–Kier alpha value is -0.830. The second-order valence-corrected chi connectivity index (χ2v) is 6.93. The molecule has 3 heteroatoms. The first-order chi connectivity index (χ1) is 9.63. The molecule has 0 saturated carbocycles. The first-order valence-corrected chi connectivity index (χ1v) is 8.24. The Morgan fingerprint density at radius 3 is 1.95 bits per heavy atom. The van der Waals surface area contributed by atoms with E-state index < -0.39 is 0 Å². The van der Waals surface area contributed by atoms with Crippen molar-refractivity contribution in [3.05, 3.63) is 80.7 Å². The summed E-state index contributed by atoms with van der Waals surface area (Å²) in [7, 11) is 0. The summed E-state index contributed by atoms with van der Waals surface area (Å²) in [6, 6.07) is 20.8. The Kier molecular flexibility index (Phi) is 4.16. The topological polar surface area (TPSA) is 0 Å². The second kappa shape index (κ2) is 5.88. The predicted octanol–water partition coefficient (Wildman–Crippen LogP) is 6.69. The molecule has 0 aliphatic carbocycles. The highest BCUT2D eigenvalue weighted by molar-refractivity contribution is 9.10. The van der Waals surface area contributed by atoms with E-state index in [-0.39, 0.29) is 5.38 Å². The molecule has 0 bridgehead atoms. The monoisotopic (exact) mass is 408 g/mol. The Balaban J connectivity index is 2.01. The van der Waals surface area contributed by atoms with Gasteiger partial charge in [0.25, 0.3) is 0 Å². The van der Waals surface area contributed by atoms with Crippen LogP contribution in [0.25, 0.3) is 10.8 Å². The van der Waals surface area contributed by atoms with Crippen LogP contribution >= 0.6 is 43.5 Å². The summed E-state index contributed by atoms with van der Waals surface area (Å²) in [5, 5.41) is 2.28. The van der Waals surface area contributed by atoms with Crippen LogP contribution in [0.15, 0.2) is 69.6 Å². The van der Waals surface area contributed by atoms with E-state index in [0.717, 1.165) is 20.1 Å². The molecule has 0 fully saturated rings. The molecule has 0 spiro atoms. The highest BCUT2D eigenvalue weighted by atomic mass is 79.9. The van der Waals surface area contributed by atoms with Crippen molar-refractivity contribution in [3.8, 4) is 0 Å². The maximum atomic E-state index is 6.59. The molecule has 0 amide bonds. The Morgan fingerprint density at radius 2 is 1.20 bits per heavy atom. The van der Waals surface area contributed by atoms with Gasteiger partial charge in [-0.3, -0.25) is 0 Å². The molecular weight excluding hydrogens is 399 g/mol. The lowest BCUT2D eigenvalue weighted by Gasteiger charge is -2.11. The number of benzene rings is 3. The molecule has 3 aromatic rings. The summed E-state index contributed by atoms with van der Waals surface area (Å²) in [5.74, 6) is 0. The van der Waals surface area contributed by atoms with Crippen molar-refractivity contribution in [2.75, 3.05) is 0 Å². The van der Waals surface area contributed by atoms with Gasteiger partial charge in [0.05, 0.1) is 5.38 Å². The first-order valence-electron chi connectivity index (χ1n) is 6.22. The lowest BCUT2D eigenvalue weighted by molar-refractivity contribution is 1.14. The number of hydrogen-bond acceptors (Lipinski definition) is 0. The van der Waals surface area contributed by atoms with Gasteiger partial charge in [-0.25, -0.2) is 0 Å². The van der Waals surface area contributed by atoms with Crippen LogP contribution in [-0.2, 0) is 0 Å². The molecule has 0 aliphatic heterocycles. The van der Waals surface area contributed by atoms with Crippen LogP contribution in [-0.4, -0.2) is 0 Å². The van der Waals surface area contributed by atoms with Gasteiger partial charge in [0, 0.05) is 8.95 Å². The maximum absolute atomic E-state index is 6.59. The average Bonchev–Trinajstić information content (AvgIpc) is 2.47. The van der Waals surface area contributed by atoms with Gasteiger partial charge in [-0.1, -0.05) is 62.2 Å². The van der Waals surface area contributed by atoms with Gasteiger partial charge in [-0.05, 0) is 52.2 Å². The van der Waals surface area contributed by atoms with E-state index >= 15 is 0 Å². The van der Waals surface area contributed by atoms with Gasteiger partial charge in [0.1, 0.15) is 0 Å². The fourth-order valence-corrected chi connectivity index (χ4v) is 3.14. The fraction of sp³-hybridized carbons (Fsp3) is 0.0588. The predicted molar refractivity (Wildman–Crippen MR) is 93.5 cm³/mol. The number of rotatable bonds is 2. The van der Waals surface area contributed by atoms with Crippen molar-refractivity contribution in [3.63, 3.8) is 0 Å². The molecule has 3 rings (SSSR count). The molecule has 0 saturated heterocycles. The largest absolute Gasteiger partial charge is 0.113 e. The quantitative estimate of drug-likeness (QED) is 0.413. The van der Waals surface area contributed by atoms with Gasteiger partial charge < -0.3 is 0 Å². The van der Waals surface area contributed by atoms with Crippen molar-refractivity contribution in [2.24, 2.45) is 0 Å². The normalized spacial score (nSPS) is 12.6. The van der Waals surface area contributed by atoms with Crippen molar-refractivity contribution >= 4 is 54.2 Å². The zero-order chi connectivity index (χ0) is 14.1. The van der Waals surface area contributed by atoms with Gasteiger partial charge in [-0.2, -0.15) is 0 Å². The number of alkyl halides is 1. The minimum atomic E-state index is -0.129. The third kappa shape index (κ3) is 2.93. The van der Waals surface area contributed by atoms with E-state index in [1.54, 1.807) is 0 Å². The fourth-order valence-electron chi connectivity index (χ4n) is 2.22. The van der Waals surface area contributed by atoms with Crippen molar-refractivity contribution in [2.45, 2.75) is 5.38 Å². The molecule has 0 radical (unpaired) electrons. The number of hydrogen-bond donors (Lipinski definition) is 0. The zero-order valence-electron chi connectivity index (χ0n) is 10.5. The summed E-state index contributed by atoms with van der Waals surface area (Å²) in [4.78, 5) is 0. The van der Waals surface area contributed by atoms with Crippen molar-refractivity contribution < 1.29 is 0 Å². The second-order valence-electron chi connectivity index (χ2n) is 4.67. The lowest BCUT2D eigenvalue weighted by Crippen LogP contribution is -1.93. The minimum Gasteiger partial charge on any atom is -0.113 e. The Bertz CT molecular complexity index is 751. The van der Waals surface area contributed by atoms with Crippen LogP contribution in [0, 0.1) is 0 Å². The molecule has 20 heavy (non-hydrogen) atoms. The van der Waals surface area contributed by atoms with Gasteiger partial charge >= 0.3 is 0 Å². The molecule has 0 heterocycles. The highest BCUT2D eigenvalue weighted by Gasteiger charge is 2.11. The number of fused-ring (bicyclic) bond motifs is 1. The molecule has 3 aromatic carbocycles. The van der Waals surface area contributed by atoms with Crippen LogP contribution in [0.1, 0.15) is 16.5 Å². The molecule has 0 nitrogen and oxygen atoms in total. The molecule has 1 atom stereocenters. The van der Waals surface area contributed by atoms with Crippen LogP contribution in [0.2, 0.25) is 0 Å². The van der Waals surface area contributed by atoms with Crippen molar-refractivity contribution in [1.29, 1.82) is 0 Å². The summed E-state index contributed by atoms with van der Waals surface area (Å²) < 4.78 is 2.15. The Morgan fingerprint density at radius 1 is 0.650 bits per heavy atom. The highest BCUT2D eigenvalue weighted by Crippen LogP contribution is 2.32. The van der Waals surface area contributed by atoms with Crippen LogP contribution in [0.4, 0.5) is 0 Å². The first kappa shape index (κ1) is 14.1. The summed E-state index contributed by atoms with van der Waals surface area (Å²) in [6.07, 6.45) is 0. The van der Waals surface area contributed by atoms with Gasteiger partial charge in [0.15, 0.2) is 0 Å². The molecule has 0 aliphatic rings. The van der Waals surface area contributed by atoms with Crippen molar-refractivity contribution in [1.82, 2.24) is 0 Å². The van der Waals surface area contributed by atoms with E-state index in [4.69, 9.17) is 11.6 Å². The van der Waals surface area contributed by atoms with Crippen LogP contribution < -0.4 is 0 Å². The summed E-state index contributed by atoms with van der Waals surface area (Å²) in [5.41, 5.74) is 2.22. The third-order valence-corrected chi connectivity index (χ3v) is 4.81. The lowest BCUT2D eigenvalue weighted by atomic mass is 10.0. The molecule has 100 valence electrons. The average molecular weight is 411 g/mol. The Labute approximate surface area is 140 Å². The van der Waals surface area contributed by atoms with Crippen LogP contribution in [0.5, 0.6) is 0 Å². The summed E-state index contributed by atoms with van der Waals surface area (Å²) >= 11 is 13.5. The molecule has 1 unspecified atom stereocenters. The smallest absolute Gasteiger partial charge is 0.0835 e. The molecule has 0 N–H and O–H groups in total. The van der Waals surface area contributed by atoms with E-state index in [9.17, 15) is 0 Å². The SMILES string of the molecule is ClC(c1ccc(Br)cc1)c1ccc2cc(Br)ccc2c1. The zero-order valence-corrected chi connectivity index (χ0v) is 14.4. The summed E-state index contributed by atoms with van der Waals surface area (Å²) in [6.45, 7) is 0. The van der Waals surface area contributed by atoms with E-state index in [2.05, 4.69) is 68.3 Å². The van der Waals surface area contributed by atoms with Crippen LogP contribution in [0.3, 0.4) is 0 Å². The molecular formula is C17H11Br2Cl. The maximum Gasteiger partial charge on any atom is 0.0835 e. The van der Waals surface area contributed by atoms with E-state index in [1.165, 1.54) is 10.8 Å². The molecule has 0 aromatic heterocycles. The van der Waals surface area contributed by atoms with Gasteiger partial charge in [-0.15, -0.1) is 11.6 Å². The third-order valence-electron chi connectivity index (χ3n) is 3.28. The number of halogens is 3. The van der Waals surface area contributed by atoms with E-state index in [1.807, 2.05) is 24.3 Å². The standard InChI is InChI=1S/C17H11Br2Cl/c18-15-6-3-11(4-7-15)17(20)14-2-1-13-10-16(19)8-5-12(13)9-14/h1-10,17H. The van der Waals surface area contributed by atoms with E-state index in [0.29, 0.717) is 0 Å². The van der Waals surface area contributed by atoms with Gasteiger partial charge in [0.2, 0.25) is 0 Å².